The fourth-order valence-corrected chi connectivity index (χ4v) is 2.28. The topological polar surface area (TPSA) is 90.9 Å². The number of hydrogen-bond donors (Lipinski definition) is 0. The van der Waals surface area contributed by atoms with Gasteiger partial charge in [0.15, 0.2) is 0 Å². The molecule has 0 aliphatic heterocycles. The summed E-state index contributed by atoms with van der Waals surface area (Å²) >= 11 is 0. The fourth-order valence-electron chi connectivity index (χ4n) is 2.28. The molecular weight excluding hydrogens is 408 g/mol. The molecular formula is C22H36O9. The smallest absolute Gasteiger partial charge is 0.432 e. The highest BCUT2D eigenvalue weighted by molar-refractivity contribution is 5.60. The molecule has 0 amide bonds. The molecule has 178 valence electrons. The predicted octanol–water partition coefficient (Wildman–Crippen LogP) is 2.63. The Morgan fingerprint density at radius 2 is 1.10 bits per heavy atom. The number of hydrogen-bond acceptors (Lipinski definition) is 9. The van der Waals surface area contributed by atoms with Gasteiger partial charge in [-0.2, -0.15) is 0 Å². The first-order chi connectivity index (χ1) is 15.2. The van der Waals surface area contributed by atoms with Crippen LogP contribution in [0.3, 0.4) is 0 Å². The molecule has 0 aliphatic rings. The number of carbonyl (C=O) groups excluding carboxylic acids is 1. The summed E-state index contributed by atoms with van der Waals surface area (Å²) in [6, 6.07) is 9.47. The molecule has 0 radical (unpaired) electrons. The van der Waals surface area contributed by atoms with E-state index in [1.54, 1.807) is 14.0 Å². The predicted molar refractivity (Wildman–Crippen MR) is 113 cm³/mol. The zero-order chi connectivity index (χ0) is 22.4. The second-order valence-corrected chi connectivity index (χ2v) is 6.32. The van der Waals surface area contributed by atoms with E-state index in [-0.39, 0.29) is 19.3 Å². The van der Waals surface area contributed by atoms with Gasteiger partial charge in [0.1, 0.15) is 12.7 Å². The van der Waals surface area contributed by atoms with Gasteiger partial charge in [-0.05, 0) is 12.5 Å². The Balaban J connectivity index is 1.78. The van der Waals surface area contributed by atoms with E-state index in [1.807, 2.05) is 30.3 Å². The SMILES string of the molecule is COCCOCCOCCOCCOCCOCCOC(=O)OC(C)c1ccccc1. The Morgan fingerprint density at radius 3 is 1.55 bits per heavy atom. The van der Waals surface area contributed by atoms with E-state index in [2.05, 4.69) is 0 Å². The molecule has 0 aliphatic carbocycles. The van der Waals surface area contributed by atoms with Crippen LogP contribution in [0.15, 0.2) is 30.3 Å². The summed E-state index contributed by atoms with van der Waals surface area (Å²) in [6.07, 6.45) is -1.08. The number of methoxy groups -OCH3 is 1. The van der Waals surface area contributed by atoms with Gasteiger partial charge in [-0.25, -0.2) is 4.79 Å². The second kappa shape index (κ2) is 20.2. The van der Waals surface area contributed by atoms with Crippen molar-refractivity contribution in [3.8, 4) is 0 Å². The van der Waals surface area contributed by atoms with Crippen LogP contribution < -0.4 is 0 Å². The van der Waals surface area contributed by atoms with Crippen molar-refractivity contribution >= 4 is 6.16 Å². The number of ether oxygens (including phenoxy) is 8. The molecule has 0 N–H and O–H groups in total. The van der Waals surface area contributed by atoms with Crippen LogP contribution in [0.2, 0.25) is 0 Å². The largest absolute Gasteiger partial charge is 0.508 e. The second-order valence-electron chi connectivity index (χ2n) is 6.32. The molecule has 0 saturated heterocycles. The Kier molecular flexibility index (Phi) is 17.8. The summed E-state index contributed by atoms with van der Waals surface area (Å²) in [7, 11) is 1.64. The van der Waals surface area contributed by atoms with E-state index >= 15 is 0 Å². The third-order valence-corrected chi connectivity index (χ3v) is 3.91. The van der Waals surface area contributed by atoms with Crippen molar-refractivity contribution in [2.24, 2.45) is 0 Å². The summed E-state index contributed by atoms with van der Waals surface area (Å²) < 4.78 is 41.8. The van der Waals surface area contributed by atoms with Gasteiger partial charge >= 0.3 is 6.16 Å². The molecule has 0 aromatic heterocycles. The number of rotatable bonds is 20. The van der Waals surface area contributed by atoms with Crippen LogP contribution in [-0.4, -0.2) is 92.5 Å². The summed E-state index contributed by atoms with van der Waals surface area (Å²) in [5, 5.41) is 0. The van der Waals surface area contributed by atoms with Gasteiger partial charge in [0.25, 0.3) is 0 Å². The molecule has 31 heavy (non-hydrogen) atoms. The lowest BCUT2D eigenvalue weighted by atomic mass is 10.1. The van der Waals surface area contributed by atoms with Crippen molar-refractivity contribution in [2.45, 2.75) is 13.0 Å². The van der Waals surface area contributed by atoms with Gasteiger partial charge in [0, 0.05) is 7.11 Å². The summed E-state index contributed by atoms with van der Waals surface area (Å²) in [6.45, 7) is 7.28. The number of carbonyl (C=O) groups is 1. The van der Waals surface area contributed by atoms with Crippen LogP contribution in [0, 0.1) is 0 Å². The summed E-state index contributed by atoms with van der Waals surface area (Å²) in [5.41, 5.74) is 0.910. The Labute approximate surface area is 184 Å². The first kappa shape index (κ1) is 27.3. The van der Waals surface area contributed by atoms with Crippen LogP contribution >= 0.6 is 0 Å². The van der Waals surface area contributed by atoms with E-state index in [0.29, 0.717) is 66.1 Å². The van der Waals surface area contributed by atoms with E-state index < -0.39 is 6.16 Å². The molecule has 1 aromatic carbocycles. The molecule has 1 aromatic rings. The van der Waals surface area contributed by atoms with Crippen LogP contribution in [0.25, 0.3) is 0 Å². The average molecular weight is 445 g/mol. The van der Waals surface area contributed by atoms with E-state index in [0.717, 1.165) is 5.56 Å². The molecule has 0 spiro atoms. The van der Waals surface area contributed by atoms with Gasteiger partial charge in [-0.3, -0.25) is 0 Å². The van der Waals surface area contributed by atoms with Crippen LogP contribution in [0.1, 0.15) is 18.6 Å². The maximum Gasteiger partial charge on any atom is 0.508 e. The quantitative estimate of drug-likeness (QED) is 0.222. The van der Waals surface area contributed by atoms with Gasteiger partial charge in [-0.1, -0.05) is 30.3 Å². The Bertz CT molecular complexity index is 527. The number of benzene rings is 1. The molecule has 1 unspecified atom stereocenters. The highest BCUT2D eigenvalue weighted by atomic mass is 16.7. The molecule has 0 saturated carbocycles. The average Bonchev–Trinajstić information content (AvgIpc) is 2.78. The molecule has 0 fully saturated rings. The third-order valence-electron chi connectivity index (χ3n) is 3.91. The third kappa shape index (κ3) is 16.6. The van der Waals surface area contributed by atoms with Crippen LogP contribution in [0.4, 0.5) is 4.79 Å². The zero-order valence-corrected chi connectivity index (χ0v) is 18.6. The molecule has 9 nitrogen and oxygen atoms in total. The van der Waals surface area contributed by atoms with Crippen LogP contribution in [-0.2, 0) is 37.9 Å². The van der Waals surface area contributed by atoms with E-state index in [4.69, 9.17) is 37.9 Å². The minimum Gasteiger partial charge on any atom is -0.432 e. The van der Waals surface area contributed by atoms with Crippen molar-refractivity contribution in [3.63, 3.8) is 0 Å². The normalized spacial score (nSPS) is 11.9. The van der Waals surface area contributed by atoms with Crippen molar-refractivity contribution < 1.29 is 42.7 Å². The minimum atomic E-state index is -0.712. The standard InChI is InChI=1S/C22H36O9/c1-20(21-6-4-3-5-7-21)31-22(23)30-19-18-29-17-16-28-15-14-27-13-12-26-11-10-25-9-8-24-2/h3-7,20H,8-19H2,1-2H3. The molecule has 1 atom stereocenters. The molecule has 9 heteroatoms. The lowest BCUT2D eigenvalue weighted by Crippen LogP contribution is -2.16. The van der Waals surface area contributed by atoms with Crippen LogP contribution in [0.5, 0.6) is 0 Å². The maximum atomic E-state index is 11.6. The maximum absolute atomic E-state index is 11.6. The zero-order valence-electron chi connectivity index (χ0n) is 18.6. The van der Waals surface area contributed by atoms with Crippen molar-refractivity contribution in [1.29, 1.82) is 0 Å². The van der Waals surface area contributed by atoms with Crippen molar-refractivity contribution in [3.05, 3.63) is 35.9 Å². The molecule has 0 bridgehead atoms. The first-order valence-corrected chi connectivity index (χ1v) is 10.5. The fraction of sp³-hybridized carbons (Fsp3) is 0.682. The molecule has 0 heterocycles. The van der Waals surface area contributed by atoms with E-state index in [9.17, 15) is 4.79 Å². The minimum absolute atomic E-state index is 0.126. The molecule has 1 rings (SSSR count). The summed E-state index contributed by atoms with van der Waals surface area (Å²) in [5.74, 6) is 0. The Hall–Kier alpha value is -1.75. The van der Waals surface area contributed by atoms with Gasteiger partial charge in [0.05, 0.1) is 72.7 Å². The van der Waals surface area contributed by atoms with Gasteiger partial charge in [0.2, 0.25) is 0 Å². The van der Waals surface area contributed by atoms with Crippen molar-refractivity contribution in [2.75, 3.05) is 86.4 Å². The lowest BCUT2D eigenvalue weighted by Gasteiger charge is -2.13. The lowest BCUT2D eigenvalue weighted by molar-refractivity contribution is -0.0209. The first-order valence-electron chi connectivity index (χ1n) is 10.5. The highest BCUT2D eigenvalue weighted by Gasteiger charge is 2.12. The van der Waals surface area contributed by atoms with Crippen molar-refractivity contribution in [1.82, 2.24) is 0 Å². The van der Waals surface area contributed by atoms with Gasteiger partial charge < -0.3 is 37.9 Å². The highest BCUT2D eigenvalue weighted by Crippen LogP contribution is 2.16. The summed E-state index contributed by atoms with van der Waals surface area (Å²) in [4.78, 5) is 11.6. The Morgan fingerprint density at radius 1 is 0.677 bits per heavy atom. The monoisotopic (exact) mass is 444 g/mol. The van der Waals surface area contributed by atoms with E-state index in [1.165, 1.54) is 0 Å². The van der Waals surface area contributed by atoms with Gasteiger partial charge in [-0.15, -0.1) is 0 Å².